The fraction of sp³-hybridized carbons (Fsp3) is 0.312. The third-order valence-electron chi connectivity index (χ3n) is 3.65. The van der Waals surface area contributed by atoms with E-state index in [0.717, 1.165) is 30.9 Å². The van der Waals surface area contributed by atoms with Gasteiger partial charge in [0.15, 0.2) is 0 Å². The second kappa shape index (κ2) is 6.43. The van der Waals surface area contributed by atoms with Crippen molar-refractivity contribution in [2.45, 2.75) is 19.4 Å². The van der Waals surface area contributed by atoms with Gasteiger partial charge in [0, 0.05) is 31.5 Å². The van der Waals surface area contributed by atoms with E-state index in [-0.39, 0.29) is 12.1 Å². The summed E-state index contributed by atoms with van der Waals surface area (Å²) in [6.07, 6.45) is 4.42. The number of hydrogen-bond donors (Lipinski definition) is 2. The average Bonchev–Trinajstić information content (AvgIpc) is 2.99. The normalized spacial score (nSPS) is 17.3. The molecule has 22 heavy (non-hydrogen) atoms. The molecular formula is C16H19N5O. The molecule has 2 aromatic heterocycles. The Hall–Kier alpha value is -2.63. The van der Waals surface area contributed by atoms with Crippen LogP contribution in [-0.4, -0.2) is 35.1 Å². The van der Waals surface area contributed by atoms with Crippen LogP contribution in [0.4, 0.5) is 16.4 Å². The molecule has 114 valence electrons. The fourth-order valence-corrected chi connectivity index (χ4v) is 2.51. The third-order valence-corrected chi connectivity index (χ3v) is 3.65. The highest BCUT2D eigenvalue weighted by atomic mass is 16.2. The van der Waals surface area contributed by atoms with Crippen molar-refractivity contribution in [3.8, 4) is 0 Å². The van der Waals surface area contributed by atoms with Crippen molar-refractivity contribution in [1.29, 1.82) is 0 Å². The molecule has 0 saturated carbocycles. The van der Waals surface area contributed by atoms with Gasteiger partial charge in [0.2, 0.25) is 0 Å². The number of aryl methyl sites for hydroxylation is 1. The predicted molar refractivity (Wildman–Crippen MR) is 86.0 cm³/mol. The van der Waals surface area contributed by atoms with Crippen LogP contribution in [0, 0.1) is 6.92 Å². The Bertz CT molecular complexity index is 629. The zero-order valence-corrected chi connectivity index (χ0v) is 12.5. The molecule has 2 N–H and O–H groups in total. The number of urea groups is 1. The number of anilines is 2. The van der Waals surface area contributed by atoms with Gasteiger partial charge in [-0.15, -0.1) is 0 Å². The average molecular weight is 297 g/mol. The summed E-state index contributed by atoms with van der Waals surface area (Å²) in [5.74, 6) is 1.51. The van der Waals surface area contributed by atoms with Gasteiger partial charge in [-0.25, -0.2) is 14.8 Å². The molecule has 2 aromatic rings. The molecule has 6 nitrogen and oxygen atoms in total. The summed E-state index contributed by atoms with van der Waals surface area (Å²) in [6.45, 7) is 3.62. The Balaban J connectivity index is 1.51. The van der Waals surface area contributed by atoms with Crippen LogP contribution in [0.15, 0.2) is 42.7 Å². The molecule has 3 rings (SSSR count). The van der Waals surface area contributed by atoms with E-state index in [1.165, 1.54) is 0 Å². The zero-order valence-electron chi connectivity index (χ0n) is 12.5. The first-order valence-corrected chi connectivity index (χ1v) is 7.37. The summed E-state index contributed by atoms with van der Waals surface area (Å²) in [6, 6.07) is 9.47. The number of amides is 2. The van der Waals surface area contributed by atoms with Crippen LogP contribution in [0.2, 0.25) is 0 Å². The van der Waals surface area contributed by atoms with E-state index in [1.54, 1.807) is 18.5 Å². The number of carbonyl (C=O) groups excluding carboxylic acids is 1. The molecule has 0 unspecified atom stereocenters. The topological polar surface area (TPSA) is 70.2 Å². The summed E-state index contributed by atoms with van der Waals surface area (Å²) in [5.41, 5.74) is 1.06. The molecule has 1 aliphatic rings. The van der Waals surface area contributed by atoms with Crippen LogP contribution in [-0.2, 0) is 0 Å². The highest BCUT2D eigenvalue weighted by molar-refractivity contribution is 5.88. The van der Waals surface area contributed by atoms with E-state index in [1.807, 2.05) is 31.2 Å². The number of hydrogen-bond acceptors (Lipinski definition) is 4. The molecule has 1 fully saturated rings. The van der Waals surface area contributed by atoms with Gasteiger partial charge < -0.3 is 10.2 Å². The van der Waals surface area contributed by atoms with Gasteiger partial charge in [-0.05, 0) is 37.1 Å². The lowest BCUT2D eigenvalue weighted by Gasteiger charge is -2.17. The van der Waals surface area contributed by atoms with Crippen molar-refractivity contribution in [3.63, 3.8) is 0 Å². The van der Waals surface area contributed by atoms with E-state index in [0.29, 0.717) is 5.82 Å². The minimum atomic E-state index is -0.218. The summed E-state index contributed by atoms with van der Waals surface area (Å²) >= 11 is 0. The first-order valence-electron chi connectivity index (χ1n) is 7.37. The Kier molecular flexibility index (Phi) is 4.18. The molecule has 0 bridgehead atoms. The van der Waals surface area contributed by atoms with E-state index >= 15 is 0 Å². The van der Waals surface area contributed by atoms with Crippen molar-refractivity contribution in [3.05, 3.63) is 48.3 Å². The van der Waals surface area contributed by atoms with E-state index in [4.69, 9.17) is 0 Å². The highest BCUT2D eigenvalue weighted by Crippen LogP contribution is 2.17. The van der Waals surface area contributed by atoms with Crippen LogP contribution in [0.3, 0.4) is 0 Å². The first-order chi connectivity index (χ1) is 10.7. The molecule has 0 aromatic carbocycles. The van der Waals surface area contributed by atoms with Gasteiger partial charge in [0.25, 0.3) is 0 Å². The zero-order chi connectivity index (χ0) is 15.4. The van der Waals surface area contributed by atoms with Crippen molar-refractivity contribution in [2.24, 2.45) is 0 Å². The van der Waals surface area contributed by atoms with Gasteiger partial charge in [0.1, 0.15) is 11.6 Å². The lowest BCUT2D eigenvalue weighted by Crippen LogP contribution is -2.39. The molecule has 1 atom stereocenters. The monoisotopic (exact) mass is 297 g/mol. The van der Waals surface area contributed by atoms with Gasteiger partial charge in [0.05, 0.1) is 0 Å². The lowest BCUT2D eigenvalue weighted by atomic mass is 10.3. The van der Waals surface area contributed by atoms with Crippen molar-refractivity contribution in [1.82, 2.24) is 15.3 Å². The van der Waals surface area contributed by atoms with Crippen LogP contribution < -0.4 is 15.5 Å². The number of carbonyl (C=O) groups is 1. The van der Waals surface area contributed by atoms with Gasteiger partial charge >= 0.3 is 6.03 Å². The number of aromatic nitrogens is 2. The molecule has 0 radical (unpaired) electrons. The van der Waals surface area contributed by atoms with E-state index in [9.17, 15) is 4.79 Å². The van der Waals surface area contributed by atoms with Gasteiger partial charge in [-0.3, -0.25) is 5.32 Å². The summed E-state index contributed by atoms with van der Waals surface area (Å²) in [4.78, 5) is 22.7. The Morgan fingerprint density at radius 2 is 2.18 bits per heavy atom. The van der Waals surface area contributed by atoms with Crippen LogP contribution in [0.25, 0.3) is 0 Å². The summed E-state index contributed by atoms with van der Waals surface area (Å²) < 4.78 is 0. The number of rotatable bonds is 3. The Labute approximate surface area is 129 Å². The van der Waals surface area contributed by atoms with Crippen LogP contribution in [0.1, 0.15) is 12.0 Å². The summed E-state index contributed by atoms with van der Waals surface area (Å²) in [7, 11) is 0. The maximum Gasteiger partial charge on any atom is 0.320 e. The van der Waals surface area contributed by atoms with Crippen LogP contribution in [0.5, 0.6) is 0 Å². The smallest absolute Gasteiger partial charge is 0.320 e. The minimum Gasteiger partial charge on any atom is -0.354 e. The predicted octanol–water partition coefficient (Wildman–Crippen LogP) is 2.19. The van der Waals surface area contributed by atoms with Gasteiger partial charge in [-0.1, -0.05) is 12.1 Å². The van der Waals surface area contributed by atoms with Crippen LogP contribution >= 0.6 is 0 Å². The van der Waals surface area contributed by atoms with Crippen molar-refractivity contribution >= 4 is 17.7 Å². The maximum atomic E-state index is 12.0. The molecule has 0 aliphatic carbocycles. The minimum absolute atomic E-state index is 0.118. The molecule has 2 amide bonds. The molecule has 1 saturated heterocycles. The highest BCUT2D eigenvalue weighted by Gasteiger charge is 2.24. The number of nitrogens with one attached hydrogen (secondary N) is 2. The molecular weight excluding hydrogens is 278 g/mol. The molecule has 3 heterocycles. The third kappa shape index (κ3) is 3.52. The maximum absolute atomic E-state index is 12.0. The van der Waals surface area contributed by atoms with Gasteiger partial charge in [-0.2, -0.15) is 0 Å². The molecule has 0 spiro atoms. The SMILES string of the molecule is Cc1ccc(NC(=O)N[C@@H]2CCN(c3ccccn3)C2)nc1. The quantitative estimate of drug-likeness (QED) is 0.911. The number of pyridine rings is 2. The first kappa shape index (κ1) is 14.3. The van der Waals surface area contributed by atoms with Crippen molar-refractivity contribution < 1.29 is 4.79 Å². The molecule has 1 aliphatic heterocycles. The Morgan fingerprint density at radius 1 is 1.27 bits per heavy atom. The standard InChI is InChI=1S/C16H19N5O/c1-12-5-6-14(18-10-12)20-16(22)19-13-7-9-21(11-13)15-4-2-3-8-17-15/h2-6,8,10,13H,7,9,11H2,1H3,(H2,18,19,20,22)/t13-/m1/s1. The lowest BCUT2D eigenvalue weighted by molar-refractivity contribution is 0.249. The fourth-order valence-electron chi connectivity index (χ4n) is 2.51. The van der Waals surface area contributed by atoms with Crippen molar-refractivity contribution in [2.75, 3.05) is 23.3 Å². The largest absolute Gasteiger partial charge is 0.354 e. The molecule has 6 heteroatoms. The second-order valence-corrected chi connectivity index (χ2v) is 5.44. The van der Waals surface area contributed by atoms with E-state index < -0.39 is 0 Å². The van der Waals surface area contributed by atoms with E-state index in [2.05, 4.69) is 25.5 Å². The summed E-state index contributed by atoms with van der Waals surface area (Å²) in [5, 5.41) is 5.74. The number of nitrogens with zero attached hydrogens (tertiary/aromatic N) is 3. The second-order valence-electron chi connectivity index (χ2n) is 5.44. The Morgan fingerprint density at radius 3 is 2.91 bits per heavy atom.